The lowest BCUT2D eigenvalue weighted by molar-refractivity contribution is 0.603. The van der Waals surface area contributed by atoms with Crippen LogP contribution < -0.4 is 5.32 Å². The third-order valence-electron chi connectivity index (χ3n) is 3.20. The Morgan fingerprint density at radius 2 is 2.17 bits per heavy atom. The van der Waals surface area contributed by atoms with Gasteiger partial charge in [0, 0.05) is 23.7 Å². The van der Waals surface area contributed by atoms with Gasteiger partial charge in [-0.15, -0.1) is 11.3 Å². The highest BCUT2D eigenvalue weighted by Gasteiger charge is 2.16. The van der Waals surface area contributed by atoms with Gasteiger partial charge in [-0.2, -0.15) is 5.10 Å². The molecule has 18 heavy (non-hydrogen) atoms. The molecule has 2 heterocycles. The van der Waals surface area contributed by atoms with Gasteiger partial charge in [0.15, 0.2) is 0 Å². The Morgan fingerprint density at radius 1 is 1.44 bits per heavy atom. The molecule has 0 aliphatic carbocycles. The molecular weight excluding hydrogens is 244 g/mol. The lowest BCUT2D eigenvalue weighted by Crippen LogP contribution is -2.17. The van der Waals surface area contributed by atoms with Crippen LogP contribution in [0.3, 0.4) is 0 Å². The van der Waals surface area contributed by atoms with Crippen molar-refractivity contribution < 1.29 is 0 Å². The van der Waals surface area contributed by atoms with Crippen molar-refractivity contribution in [2.75, 3.05) is 6.54 Å². The third kappa shape index (κ3) is 2.33. The van der Waals surface area contributed by atoms with E-state index in [0.29, 0.717) is 6.04 Å². The molecule has 2 aromatic heterocycles. The maximum absolute atomic E-state index is 4.68. The Balaban J connectivity index is 2.37. The molecule has 0 radical (unpaired) electrons. The Bertz CT molecular complexity index is 541. The molecule has 0 aliphatic heterocycles. The van der Waals surface area contributed by atoms with E-state index in [1.807, 2.05) is 17.9 Å². The van der Waals surface area contributed by atoms with Crippen LogP contribution in [0.2, 0.25) is 0 Å². The van der Waals surface area contributed by atoms with Crippen LogP contribution in [-0.2, 0) is 7.05 Å². The van der Waals surface area contributed by atoms with Gasteiger partial charge < -0.3 is 5.32 Å². The first-order valence-corrected chi connectivity index (χ1v) is 7.06. The molecule has 0 aliphatic rings. The number of aromatic nitrogens is 3. The molecule has 2 aromatic rings. The predicted molar refractivity (Wildman–Crippen MR) is 75.9 cm³/mol. The van der Waals surface area contributed by atoms with E-state index in [-0.39, 0.29) is 0 Å². The normalized spacial score (nSPS) is 12.9. The zero-order chi connectivity index (χ0) is 13.3. The summed E-state index contributed by atoms with van der Waals surface area (Å²) in [7, 11) is 1.96. The molecule has 1 N–H and O–H groups in total. The van der Waals surface area contributed by atoms with Crippen molar-refractivity contribution in [3.8, 4) is 10.6 Å². The molecule has 1 unspecified atom stereocenters. The highest BCUT2D eigenvalue weighted by atomic mass is 32.1. The van der Waals surface area contributed by atoms with Gasteiger partial charge in [-0.1, -0.05) is 6.92 Å². The molecule has 0 saturated carbocycles. The fraction of sp³-hybridized carbons (Fsp3) is 0.538. The number of hydrogen-bond acceptors (Lipinski definition) is 4. The van der Waals surface area contributed by atoms with Crippen molar-refractivity contribution in [1.29, 1.82) is 0 Å². The fourth-order valence-corrected chi connectivity index (χ4v) is 3.19. The maximum Gasteiger partial charge on any atom is 0.127 e. The summed E-state index contributed by atoms with van der Waals surface area (Å²) in [5.41, 5.74) is 3.42. The van der Waals surface area contributed by atoms with Gasteiger partial charge in [-0.25, -0.2) is 4.98 Å². The maximum atomic E-state index is 4.68. The topological polar surface area (TPSA) is 42.7 Å². The molecule has 98 valence electrons. The molecule has 5 heteroatoms. The first kappa shape index (κ1) is 13.2. The van der Waals surface area contributed by atoms with Crippen molar-refractivity contribution in [1.82, 2.24) is 20.1 Å². The molecule has 4 nitrogen and oxygen atoms in total. The molecule has 0 fully saturated rings. The van der Waals surface area contributed by atoms with Gasteiger partial charge in [0.25, 0.3) is 0 Å². The largest absolute Gasteiger partial charge is 0.310 e. The number of thiazole rings is 1. The van der Waals surface area contributed by atoms with Crippen LogP contribution in [0.1, 0.15) is 36.2 Å². The van der Waals surface area contributed by atoms with Gasteiger partial charge in [0.2, 0.25) is 0 Å². The van der Waals surface area contributed by atoms with Crippen LogP contribution in [0.15, 0.2) is 6.20 Å². The van der Waals surface area contributed by atoms with Gasteiger partial charge in [0.05, 0.1) is 17.5 Å². The SMILES string of the molecule is CCNC(C)c1sc(-c2cnn(C)c2C)nc1C. The van der Waals surface area contributed by atoms with E-state index < -0.39 is 0 Å². The molecule has 2 rings (SSSR count). The Labute approximate surface area is 112 Å². The van der Waals surface area contributed by atoms with E-state index in [0.717, 1.165) is 28.5 Å². The third-order valence-corrected chi connectivity index (χ3v) is 4.58. The quantitative estimate of drug-likeness (QED) is 0.923. The minimum Gasteiger partial charge on any atom is -0.310 e. The van der Waals surface area contributed by atoms with E-state index in [4.69, 9.17) is 0 Å². The molecule has 0 saturated heterocycles. The van der Waals surface area contributed by atoms with Crippen LogP contribution in [0, 0.1) is 13.8 Å². The Morgan fingerprint density at radius 3 is 2.72 bits per heavy atom. The van der Waals surface area contributed by atoms with E-state index in [9.17, 15) is 0 Å². The summed E-state index contributed by atoms with van der Waals surface area (Å²) < 4.78 is 1.89. The minimum absolute atomic E-state index is 0.359. The van der Waals surface area contributed by atoms with Gasteiger partial charge >= 0.3 is 0 Å². The zero-order valence-electron chi connectivity index (χ0n) is 11.6. The average molecular weight is 264 g/mol. The fourth-order valence-electron chi connectivity index (χ4n) is 2.03. The smallest absolute Gasteiger partial charge is 0.127 e. The molecule has 0 aromatic carbocycles. The lowest BCUT2D eigenvalue weighted by atomic mass is 10.2. The molecule has 1 atom stereocenters. The number of nitrogens with zero attached hydrogens (tertiary/aromatic N) is 3. The molecular formula is C13H20N4S. The molecule has 0 bridgehead atoms. The van der Waals surface area contributed by atoms with Crippen molar-refractivity contribution >= 4 is 11.3 Å². The van der Waals surface area contributed by atoms with Crippen LogP contribution in [-0.4, -0.2) is 21.3 Å². The number of nitrogens with one attached hydrogen (secondary N) is 1. The summed E-state index contributed by atoms with van der Waals surface area (Å²) in [5, 5.41) is 8.78. The number of aryl methyl sites for hydroxylation is 2. The second-order valence-electron chi connectivity index (χ2n) is 4.52. The second-order valence-corrected chi connectivity index (χ2v) is 5.55. The van der Waals surface area contributed by atoms with Crippen molar-refractivity contribution in [3.05, 3.63) is 22.5 Å². The zero-order valence-corrected chi connectivity index (χ0v) is 12.4. The minimum atomic E-state index is 0.359. The van der Waals surface area contributed by atoms with E-state index in [1.165, 1.54) is 4.88 Å². The standard InChI is InChI=1S/C13H20N4S/c1-6-14-8(2)12-9(3)16-13(18-12)11-7-15-17(5)10(11)4/h7-8,14H,6H2,1-5H3. The molecule has 0 amide bonds. The summed E-state index contributed by atoms with van der Waals surface area (Å²) in [4.78, 5) is 6.00. The van der Waals surface area contributed by atoms with Crippen molar-refractivity contribution in [3.63, 3.8) is 0 Å². The van der Waals surface area contributed by atoms with Gasteiger partial charge in [-0.05, 0) is 27.3 Å². The van der Waals surface area contributed by atoms with Gasteiger partial charge in [0.1, 0.15) is 5.01 Å². The number of hydrogen-bond donors (Lipinski definition) is 1. The highest BCUT2D eigenvalue weighted by Crippen LogP contribution is 2.32. The van der Waals surface area contributed by atoms with Gasteiger partial charge in [-0.3, -0.25) is 4.68 Å². The summed E-state index contributed by atoms with van der Waals surface area (Å²) in [6.07, 6.45) is 1.90. The number of rotatable bonds is 4. The first-order chi connectivity index (χ1) is 8.54. The highest BCUT2D eigenvalue weighted by molar-refractivity contribution is 7.15. The van der Waals surface area contributed by atoms with E-state index in [2.05, 4.69) is 43.1 Å². The molecule has 0 spiro atoms. The van der Waals surface area contributed by atoms with Crippen molar-refractivity contribution in [2.24, 2.45) is 7.05 Å². The first-order valence-electron chi connectivity index (χ1n) is 6.24. The Kier molecular flexibility index (Phi) is 3.82. The summed E-state index contributed by atoms with van der Waals surface area (Å²) in [6.45, 7) is 9.43. The average Bonchev–Trinajstić information content (AvgIpc) is 2.85. The van der Waals surface area contributed by atoms with Crippen LogP contribution in [0.5, 0.6) is 0 Å². The van der Waals surface area contributed by atoms with E-state index >= 15 is 0 Å². The second kappa shape index (κ2) is 5.20. The van der Waals surface area contributed by atoms with Crippen LogP contribution in [0.25, 0.3) is 10.6 Å². The van der Waals surface area contributed by atoms with Crippen LogP contribution in [0.4, 0.5) is 0 Å². The lowest BCUT2D eigenvalue weighted by Gasteiger charge is -2.09. The van der Waals surface area contributed by atoms with E-state index in [1.54, 1.807) is 11.3 Å². The summed E-state index contributed by atoms with van der Waals surface area (Å²) in [6, 6.07) is 0.359. The monoisotopic (exact) mass is 264 g/mol. The summed E-state index contributed by atoms with van der Waals surface area (Å²) >= 11 is 1.76. The van der Waals surface area contributed by atoms with Crippen LogP contribution >= 0.6 is 11.3 Å². The summed E-state index contributed by atoms with van der Waals surface area (Å²) in [5.74, 6) is 0. The van der Waals surface area contributed by atoms with Crippen molar-refractivity contribution in [2.45, 2.75) is 33.7 Å². The predicted octanol–water partition coefficient (Wildman–Crippen LogP) is 2.83. The Hall–Kier alpha value is -1.20.